The summed E-state index contributed by atoms with van der Waals surface area (Å²) in [5, 5.41) is 0. The smallest absolute Gasteiger partial charge is 0.240 e. The van der Waals surface area contributed by atoms with Gasteiger partial charge in [0.25, 0.3) is 0 Å². The molecule has 2 N–H and O–H groups in total. The van der Waals surface area contributed by atoms with Gasteiger partial charge in [-0.15, -0.1) is 0 Å². The van der Waals surface area contributed by atoms with Crippen molar-refractivity contribution < 1.29 is 14.3 Å². The summed E-state index contributed by atoms with van der Waals surface area (Å²) in [6.07, 6.45) is 0.812. The van der Waals surface area contributed by atoms with E-state index < -0.39 is 6.04 Å². The van der Waals surface area contributed by atoms with Crippen molar-refractivity contribution in [1.29, 1.82) is 0 Å². The van der Waals surface area contributed by atoms with Crippen molar-refractivity contribution in [3.05, 3.63) is 23.3 Å². The zero-order valence-electron chi connectivity index (χ0n) is 13.2. The lowest BCUT2D eigenvalue weighted by Gasteiger charge is -2.32. The molecular formula is C16H24N2O3. The lowest BCUT2D eigenvalue weighted by atomic mass is 9.97. The van der Waals surface area contributed by atoms with Crippen LogP contribution in [0.25, 0.3) is 0 Å². The number of hydrogen-bond donors (Lipinski definition) is 1. The van der Waals surface area contributed by atoms with E-state index in [4.69, 9.17) is 15.2 Å². The Bertz CT molecular complexity index is 528. The summed E-state index contributed by atoms with van der Waals surface area (Å²) < 4.78 is 10.7. The van der Waals surface area contributed by atoms with E-state index in [1.807, 2.05) is 30.9 Å². The van der Waals surface area contributed by atoms with E-state index in [2.05, 4.69) is 0 Å². The van der Waals surface area contributed by atoms with Gasteiger partial charge >= 0.3 is 0 Å². The van der Waals surface area contributed by atoms with Gasteiger partial charge in [-0.3, -0.25) is 4.79 Å². The highest BCUT2D eigenvalue weighted by atomic mass is 16.5. The summed E-state index contributed by atoms with van der Waals surface area (Å²) in [5.74, 6) is 1.59. The Labute approximate surface area is 126 Å². The third kappa shape index (κ3) is 3.13. The zero-order valence-corrected chi connectivity index (χ0v) is 13.2. The highest BCUT2D eigenvalue weighted by Gasteiger charge is 2.27. The molecule has 0 saturated heterocycles. The molecule has 0 saturated carbocycles. The predicted octanol–water partition coefficient (Wildman–Crippen LogP) is 1.57. The fourth-order valence-electron chi connectivity index (χ4n) is 2.57. The van der Waals surface area contributed by atoms with E-state index in [0.717, 1.165) is 17.7 Å². The first-order chi connectivity index (χ1) is 9.97. The predicted molar refractivity (Wildman–Crippen MR) is 81.5 cm³/mol. The Kier molecular flexibility index (Phi) is 4.73. The molecule has 0 aliphatic carbocycles. The number of carbonyl (C=O) groups is 1. The molecule has 5 heteroatoms. The summed E-state index contributed by atoms with van der Waals surface area (Å²) >= 11 is 0. The molecule has 0 fully saturated rings. The molecule has 1 aliphatic heterocycles. The van der Waals surface area contributed by atoms with Crippen LogP contribution in [0.1, 0.15) is 25.0 Å². The highest BCUT2D eigenvalue weighted by Crippen LogP contribution is 2.33. The first kappa shape index (κ1) is 15.6. The van der Waals surface area contributed by atoms with Gasteiger partial charge in [0.15, 0.2) is 11.5 Å². The van der Waals surface area contributed by atoms with Gasteiger partial charge in [-0.05, 0) is 35.6 Å². The third-order valence-corrected chi connectivity index (χ3v) is 4.03. The SMILES string of the molecule is COc1cc2c(cc1OC)CN(C(=O)[C@@H](N)C(C)C)CC2. The van der Waals surface area contributed by atoms with Crippen LogP contribution in [0.4, 0.5) is 0 Å². The summed E-state index contributed by atoms with van der Waals surface area (Å²) in [6, 6.07) is 3.51. The Morgan fingerprint density at radius 3 is 2.29 bits per heavy atom. The third-order valence-electron chi connectivity index (χ3n) is 4.03. The molecule has 21 heavy (non-hydrogen) atoms. The largest absolute Gasteiger partial charge is 0.493 e. The highest BCUT2D eigenvalue weighted by molar-refractivity contribution is 5.82. The Morgan fingerprint density at radius 2 is 1.76 bits per heavy atom. The van der Waals surface area contributed by atoms with E-state index in [9.17, 15) is 4.79 Å². The van der Waals surface area contributed by atoms with E-state index in [1.165, 1.54) is 5.56 Å². The van der Waals surface area contributed by atoms with Crippen molar-refractivity contribution in [2.75, 3.05) is 20.8 Å². The average Bonchev–Trinajstić information content (AvgIpc) is 2.51. The summed E-state index contributed by atoms with van der Waals surface area (Å²) in [4.78, 5) is 14.2. The Balaban J connectivity index is 2.22. The minimum Gasteiger partial charge on any atom is -0.493 e. The molecule has 1 heterocycles. The molecule has 1 aromatic rings. The molecule has 0 radical (unpaired) electrons. The normalized spacial score (nSPS) is 15.6. The molecule has 0 aromatic heterocycles. The van der Waals surface area contributed by atoms with Crippen LogP contribution in [0.2, 0.25) is 0 Å². The topological polar surface area (TPSA) is 64.8 Å². The second-order valence-corrected chi connectivity index (χ2v) is 5.76. The van der Waals surface area contributed by atoms with Gasteiger partial charge in [0.05, 0.1) is 20.3 Å². The molecule has 0 bridgehead atoms. The van der Waals surface area contributed by atoms with E-state index >= 15 is 0 Å². The number of hydrogen-bond acceptors (Lipinski definition) is 4. The number of carbonyl (C=O) groups excluding carboxylic acids is 1. The van der Waals surface area contributed by atoms with Crippen LogP contribution in [0, 0.1) is 5.92 Å². The van der Waals surface area contributed by atoms with Crippen LogP contribution in [-0.2, 0) is 17.8 Å². The molecular weight excluding hydrogens is 268 g/mol. The molecule has 116 valence electrons. The number of fused-ring (bicyclic) bond motifs is 1. The molecule has 5 nitrogen and oxygen atoms in total. The Morgan fingerprint density at radius 1 is 1.19 bits per heavy atom. The molecule has 1 aromatic carbocycles. The first-order valence-electron chi connectivity index (χ1n) is 7.26. The maximum absolute atomic E-state index is 12.4. The second-order valence-electron chi connectivity index (χ2n) is 5.76. The van der Waals surface area contributed by atoms with Crippen molar-refractivity contribution >= 4 is 5.91 Å². The average molecular weight is 292 g/mol. The standard InChI is InChI=1S/C16H24N2O3/c1-10(2)15(17)16(19)18-6-5-11-7-13(20-3)14(21-4)8-12(11)9-18/h7-8,10,15H,5-6,9,17H2,1-4H3/t15-/m0/s1. The van der Waals surface area contributed by atoms with E-state index in [-0.39, 0.29) is 11.8 Å². The number of rotatable bonds is 4. The minimum absolute atomic E-state index is 0.0189. The number of nitrogens with two attached hydrogens (primary N) is 1. The van der Waals surface area contributed by atoms with Crippen molar-refractivity contribution in [2.24, 2.45) is 11.7 Å². The van der Waals surface area contributed by atoms with Crippen LogP contribution in [0.15, 0.2) is 12.1 Å². The lowest BCUT2D eigenvalue weighted by Crippen LogP contribution is -2.48. The maximum Gasteiger partial charge on any atom is 0.240 e. The number of benzene rings is 1. The lowest BCUT2D eigenvalue weighted by molar-refractivity contribution is -0.134. The van der Waals surface area contributed by atoms with Crippen molar-refractivity contribution in [2.45, 2.75) is 32.9 Å². The molecule has 2 rings (SSSR count). The van der Waals surface area contributed by atoms with Crippen LogP contribution < -0.4 is 15.2 Å². The maximum atomic E-state index is 12.4. The van der Waals surface area contributed by atoms with E-state index in [0.29, 0.717) is 18.8 Å². The van der Waals surface area contributed by atoms with Crippen LogP contribution >= 0.6 is 0 Å². The van der Waals surface area contributed by atoms with Crippen LogP contribution in [-0.4, -0.2) is 37.6 Å². The minimum atomic E-state index is -0.438. The fourth-order valence-corrected chi connectivity index (χ4v) is 2.57. The Hall–Kier alpha value is -1.75. The molecule has 0 spiro atoms. The molecule has 1 atom stereocenters. The van der Waals surface area contributed by atoms with Gasteiger partial charge in [0.1, 0.15) is 0 Å². The van der Waals surface area contributed by atoms with Gasteiger partial charge in [0.2, 0.25) is 5.91 Å². The van der Waals surface area contributed by atoms with Crippen molar-refractivity contribution in [1.82, 2.24) is 4.90 Å². The van der Waals surface area contributed by atoms with Crippen LogP contribution in [0.5, 0.6) is 11.5 Å². The fraction of sp³-hybridized carbons (Fsp3) is 0.562. The molecule has 1 amide bonds. The number of nitrogens with zero attached hydrogens (tertiary/aromatic N) is 1. The molecule has 0 unspecified atom stereocenters. The summed E-state index contributed by atoms with van der Waals surface area (Å²) in [7, 11) is 3.25. The monoisotopic (exact) mass is 292 g/mol. The number of ether oxygens (including phenoxy) is 2. The summed E-state index contributed by atoms with van der Waals surface area (Å²) in [6.45, 7) is 5.21. The van der Waals surface area contributed by atoms with Gasteiger partial charge in [0, 0.05) is 13.1 Å². The zero-order chi connectivity index (χ0) is 15.6. The van der Waals surface area contributed by atoms with Crippen LogP contribution in [0.3, 0.4) is 0 Å². The number of methoxy groups -OCH3 is 2. The summed E-state index contributed by atoms with van der Waals surface area (Å²) in [5.41, 5.74) is 8.28. The van der Waals surface area contributed by atoms with Gasteiger partial charge in [-0.1, -0.05) is 13.8 Å². The van der Waals surface area contributed by atoms with Gasteiger partial charge < -0.3 is 20.1 Å². The van der Waals surface area contributed by atoms with Gasteiger partial charge in [-0.2, -0.15) is 0 Å². The quantitative estimate of drug-likeness (QED) is 0.915. The van der Waals surface area contributed by atoms with Crippen molar-refractivity contribution in [3.8, 4) is 11.5 Å². The van der Waals surface area contributed by atoms with Gasteiger partial charge in [-0.25, -0.2) is 0 Å². The van der Waals surface area contributed by atoms with Crippen molar-refractivity contribution in [3.63, 3.8) is 0 Å². The first-order valence-corrected chi connectivity index (χ1v) is 7.26. The number of amides is 1. The second kappa shape index (κ2) is 6.35. The molecule has 1 aliphatic rings. The van der Waals surface area contributed by atoms with E-state index in [1.54, 1.807) is 14.2 Å².